The maximum Gasteiger partial charge on any atom is 0.452 e. The molecule has 96 valence electrons. The van der Waals surface area contributed by atoms with Gasteiger partial charge in [0, 0.05) is 0 Å². The number of ether oxygens (including phenoxy) is 1. The van der Waals surface area contributed by atoms with E-state index < -0.39 is 21.2 Å². The summed E-state index contributed by atoms with van der Waals surface area (Å²) in [6, 6.07) is 9.13. The van der Waals surface area contributed by atoms with Gasteiger partial charge < -0.3 is 9.16 Å². The largest absolute Gasteiger partial charge is 0.504 e. The van der Waals surface area contributed by atoms with E-state index in [9.17, 15) is 9.59 Å². The molecule has 0 aliphatic rings. The van der Waals surface area contributed by atoms with Gasteiger partial charge in [0.1, 0.15) is 6.61 Å². The van der Waals surface area contributed by atoms with Crippen molar-refractivity contribution in [2.75, 3.05) is 0 Å². The highest BCUT2D eigenvalue weighted by Gasteiger charge is 2.06. The number of azo groups is 1. The highest BCUT2D eigenvalue weighted by atomic mass is 28.3. The van der Waals surface area contributed by atoms with Crippen LogP contribution in [0.2, 0.25) is 13.1 Å². The molecule has 0 bridgehead atoms. The van der Waals surface area contributed by atoms with E-state index in [4.69, 9.17) is 9.16 Å². The smallest absolute Gasteiger partial charge is 0.452 e. The predicted octanol–water partition coefficient (Wildman–Crippen LogP) is 2.90. The summed E-state index contributed by atoms with van der Waals surface area (Å²) >= 11 is 0. The van der Waals surface area contributed by atoms with Crippen molar-refractivity contribution in [3.63, 3.8) is 0 Å². The Morgan fingerprint density at radius 3 is 2.33 bits per heavy atom. The van der Waals surface area contributed by atoms with E-state index in [0.29, 0.717) is 0 Å². The van der Waals surface area contributed by atoms with Crippen LogP contribution in [0.1, 0.15) is 5.56 Å². The first-order chi connectivity index (χ1) is 8.58. The Morgan fingerprint density at radius 1 is 1.11 bits per heavy atom. The summed E-state index contributed by atoms with van der Waals surface area (Å²) in [7, 11) is -1.51. The molecule has 6 nitrogen and oxygen atoms in total. The van der Waals surface area contributed by atoms with Crippen LogP contribution < -0.4 is 0 Å². The third-order valence-electron chi connectivity index (χ3n) is 1.75. The van der Waals surface area contributed by atoms with Crippen molar-refractivity contribution in [1.29, 1.82) is 0 Å². The van der Waals surface area contributed by atoms with E-state index in [1.165, 1.54) is 0 Å². The maximum absolute atomic E-state index is 11.1. The molecule has 0 atom stereocenters. The van der Waals surface area contributed by atoms with Crippen LogP contribution in [0.25, 0.3) is 0 Å². The average molecular weight is 266 g/mol. The normalized spacial score (nSPS) is 10.6. The molecule has 18 heavy (non-hydrogen) atoms. The molecule has 0 N–H and O–H groups in total. The van der Waals surface area contributed by atoms with Gasteiger partial charge in [-0.3, -0.25) is 0 Å². The molecular weight excluding hydrogens is 252 g/mol. The van der Waals surface area contributed by atoms with Crippen molar-refractivity contribution in [3.8, 4) is 0 Å². The van der Waals surface area contributed by atoms with Gasteiger partial charge >= 0.3 is 12.2 Å². The number of amides is 2. The molecule has 0 saturated heterocycles. The number of carbonyl (C=O) groups is 2. The van der Waals surface area contributed by atoms with Crippen molar-refractivity contribution in [3.05, 3.63) is 35.9 Å². The summed E-state index contributed by atoms with van der Waals surface area (Å²) in [5.74, 6) is 0. The molecule has 1 rings (SSSR count). The summed E-state index contributed by atoms with van der Waals surface area (Å²) in [6.07, 6.45) is -1.77. The van der Waals surface area contributed by atoms with Crippen LogP contribution in [0.4, 0.5) is 9.59 Å². The van der Waals surface area contributed by atoms with Crippen molar-refractivity contribution in [1.82, 2.24) is 0 Å². The minimum atomic E-state index is -1.51. The zero-order valence-electron chi connectivity index (χ0n) is 10.2. The van der Waals surface area contributed by atoms with Crippen molar-refractivity contribution >= 4 is 21.2 Å². The molecule has 0 heterocycles. The molecule has 7 heteroatoms. The molecule has 2 amide bonds. The topological polar surface area (TPSA) is 77.3 Å². The number of hydrogen-bond donors (Lipinski definition) is 0. The second-order valence-electron chi connectivity index (χ2n) is 3.67. The highest BCUT2D eigenvalue weighted by molar-refractivity contribution is 6.50. The van der Waals surface area contributed by atoms with E-state index in [2.05, 4.69) is 10.2 Å². The summed E-state index contributed by atoms with van der Waals surface area (Å²) in [5, 5.41) is 6.20. The SMILES string of the molecule is C[SiH](C)OC(=O)N=NC(=O)OCc1ccccc1. The second kappa shape index (κ2) is 7.33. The number of carbonyl (C=O) groups excluding carboxylic acids is 2. The van der Waals surface area contributed by atoms with Gasteiger partial charge in [-0.1, -0.05) is 40.6 Å². The molecule has 0 aliphatic heterocycles. The Morgan fingerprint density at radius 2 is 1.72 bits per heavy atom. The third kappa shape index (κ3) is 5.90. The molecule has 0 spiro atoms. The van der Waals surface area contributed by atoms with Crippen LogP contribution >= 0.6 is 0 Å². The van der Waals surface area contributed by atoms with Crippen molar-refractivity contribution in [2.45, 2.75) is 19.7 Å². The Labute approximate surface area is 106 Å². The molecular formula is C11H14N2O4Si. The average Bonchev–Trinajstić information content (AvgIpc) is 2.34. The van der Waals surface area contributed by atoms with Gasteiger partial charge in [-0.15, -0.1) is 0 Å². The van der Waals surface area contributed by atoms with Gasteiger partial charge in [-0.25, -0.2) is 9.59 Å². The van der Waals surface area contributed by atoms with E-state index in [0.717, 1.165) is 5.56 Å². The monoisotopic (exact) mass is 266 g/mol. The highest BCUT2D eigenvalue weighted by Crippen LogP contribution is 2.01. The molecule has 1 aromatic rings. The fraction of sp³-hybridized carbons (Fsp3) is 0.273. The van der Waals surface area contributed by atoms with Crippen LogP contribution in [0.3, 0.4) is 0 Å². The van der Waals surface area contributed by atoms with Crippen LogP contribution in [-0.2, 0) is 15.8 Å². The van der Waals surface area contributed by atoms with Gasteiger partial charge in [0.15, 0.2) is 0 Å². The number of benzene rings is 1. The summed E-state index contributed by atoms with van der Waals surface area (Å²) in [5.41, 5.74) is 0.832. The minimum absolute atomic E-state index is 0.0900. The molecule has 0 unspecified atom stereocenters. The summed E-state index contributed by atoms with van der Waals surface area (Å²) in [6.45, 7) is 3.70. The molecule has 0 saturated carbocycles. The van der Waals surface area contributed by atoms with Crippen LogP contribution in [0, 0.1) is 0 Å². The number of rotatable bonds is 3. The molecule has 0 fully saturated rings. The van der Waals surface area contributed by atoms with Gasteiger partial charge in [0.25, 0.3) is 0 Å². The summed E-state index contributed by atoms with van der Waals surface area (Å²) < 4.78 is 9.58. The Balaban J connectivity index is 2.34. The number of hydrogen-bond acceptors (Lipinski definition) is 4. The van der Waals surface area contributed by atoms with Gasteiger partial charge in [0.05, 0.1) is 0 Å². The van der Waals surface area contributed by atoms with Gasteiger partial charge in [-0.05, 0) is 18.7 Å². The van der Waals surface area contributed by atoms with E-state index in [1.54, 1.807) is 13.1 Å². The first-order valence-corrected chi connectivity index (χ1v) is 8.19. The lowest BCUT2D eigenvalue weighted by atomic mass is 10.2. The van der Waals surface area contributed by atoms with Crippen molar-refractivity contribution in [2.24, 2.45) is 10.2 Å². The fourth-order valence-corrected chi connectivity index (χ4v) is 1.51. The maximum atomic E-state index is 11.1. The van der Waals surface area contributed by atoms with Gasteiger partial charge in [-0.2, -0.15) is 0 Å². The fourth-order valence-electron chi connectivity index (χ4n) is 1.06. The molecule has 1 aromatic carbocycles. The third-order valence-corrected chi connectivity index (χ3v) is 2.43. The summed E-state index contributed by atoms with van der Waals surface area (Å²) in [4.78, 5) is 22.1. The van der Waals surface area contributed by atoms with Crippen LogP contribution in [0.15, 0.2) is 40.6 Å². The van der Waals surface area contributed by atoms with Crippen LogP contribution in [-0.4, -0.2) is 21.2 Å². The first kappa shape index (κ1) is 14.0. The molecule has 0 aliphatic carbocycles. The lowest BCUT2D eigenvalue weighted by Gasteiger charge is -2.02. The molecule has 0 aromatic heterocycles. The lowest BCUT2D eigenvalue weighted by Crippen LogP contribution is -2.11. The predicted molar refractivity (Wildman–Crippen MR) is 66.8 cm³/mol. The van der Waals surface area contributed by atoms with Crippen LogP contribution in [0.5, 0.6) is 0 Å². The second-order valence-corrected chi connectivity index (χ2v) is 6.01. The number of nitrogens with zero attached hydrogens (tertiary/aromatic N) is 2. The minimum Gasteiger partial charge on any atom is -0.504 e. The lowest BCUT2D eigenvalue weighted by molar-refractivity contribution is 0.148. The van der Waals surface area contributed by atoms with Crippen molar-refractivity contribution < 1.29 is 18.8 Å². The Bertz CT molecular complexity index is 434. The standard InChI is InChI=1S/C11H14N2O4Si/c1-18(2)17-11(15)13-12-10(14)16-8-9-6-4-3-5-7-9/h3-7,18H,8H2,1-2H3. The first-order valence-electron chi connectivity index (χ1n) is 5.41. The molecule has 0 radical (unpaired) electrons. The van der Waals surface area contributed by atoms with E-state index in [-0.39, 0.29) is 6.61 Å². The zero-order valence-corrected chi connectivity index (χ0v) is 11.4. The van der Waals surface area contributed by atoms with Gasteiger partial charge in [0.2, 0.25) is 9.04 Å². The Kier molecular flexibility index (Phi) is 5.72. The quantitative estimate of drug-likeness (QED) is 0.622. The van der Waals surface area contributed by atoms with E-state index in [1.807, 2.05) is 30.3 Å². The Hall–Kier alpha value is -2.02. The van der Waals surface area contributed by atoms with E-state index >= 15 is 0 Å². The zero-order chi connectivity index (χ0) is 13.4.